The van der Waals surface area contributed by atoms with Gasteiger partial charge in [0.2, 0.25) is 10.0 Å². The SMILES string of the molecule is O=C(CSc1ccc(S(=O)(=O)N2CCCCCC2)cn1)c1c[nH]c(C(=O)N2CCCC2)c1. The number of ketones is 1. The van der Waals surface area contributed by atoms with Crippen molar-refractivity contribution in [3.05, 3.63) is 41.9 Å². The maximum Gasteiger partial charge on any atom is 0.270 e. The van der Waals surface area contributed by atoms with E-state index in [9.17, 15) is 18.0 Å². The first-order valence-electron chi connectivity index (χ1n) is 11.0. The number of amides is 1. The summed E-state index contributed by atoms with van der Waals surface area (Å²) in [5.74, 6) is -0.0349. The van der Waals surface area contributed by atoms with Crippen LogP contribution >= 0.6 is 11.8 Å². The molecule has 1 N–H and O–H groups in total. The Morgan fingerprint density at radius 2 is 1.69 bits per heavy atom. The largest absolute Gasteiger partial charge is 0.356 e. The maximum absolute atomic E-state index is 12.8. The van der Waals surface area contributed by atoms with E-state index in [2.05, 4.69) is 9.97 Å². The number of sulfonamides is 1. The summed E-state index contributed by atoms with van der Waals surface area (Å²) in [4.78, 5) is 34.1. The Bertz CT molecular complexity index is 1050. The molecule has 2 aromatic heterocycles. The van der Waals surface area contributed by atoms with Crippen molar-refractivity contribution >= 4 is 33.5 Å². The average Bonchev–Trinajstić information content (AvgIpc) is 3.44. The molecule has 32 heavy (non-hydrogen) atoms. The van der Waals surface area contributed by atoms with E-state index in [0.717, 1.165) is 51.6 Å². The average molecular weight is 477 g/mol. The number of thioether (sulfide) groups is 1. The van der Waals surface area contributed by atoms with Gasteiger partial charge < -0.3 is 9.88 Å². The summed E-state index contributed by atoms with van der Waals surface area (Å²) in [5.41, 5.74) is 0.891. The van der Waals surface area contributed by atoms with E-state index in [1.807, 2.05) is 0 Å². The zero-order valence-electron chi connectivity index (χ0n) is 18.0. The molecule has 0 aliphatic carbocycles. The molecule has 0 radical (unpaired) electrons. The lowest BCUT2D eigenvalue weighted by molar-refractivity contribution is 0.0787. The number of hydrogen-bond acceptors (Lipinski definition) is 6. The quantitative estimate of drug-likeness (QED) is 0.486. The summed E-state index contributed by atoms with van der Waals surface area (Å²) in [5, 5.41) is 0.581. The molecule has 0 atom stereocenters. The molecule has 0 aromatic carbocycles. The molecule has 1 amide bonds. The summed E-state index contributed by atoms with van der Waals surface area (Å²) in [6, 6.07) is 4.80. The molecule has 0 bridgehead atoms. The van der Waals surface area contributed by atoms with Gasteiger partial charge in [-0.15, -0.1) is 0 Å². The van der Waals surface area contributed by atoms with Crippen molar-refractivity contribution < 1.29 is 18.0 Å². The molecule has 0 saturated carbocycles. The van der Waals surface area contributed by atoms with Gasteiger partial charge >= 0.3 is 0 Å². The summed E-state index contributed by atoms with van der Waals surface area (Å²) >= 11 is 1.25. The van der Waals surface area contributed by atoms with Gasteiger partial charge in [0.15, 0.2) is 5.78 Å². The molecule has 0 unspecified atom stereocenters. The van der Waals surface area contributed by atoms with Gasteiger partial charge in [0, 0.05) is 44.1 Å². The number of H-pyrrole nitrogens is 1. The second-order valence-electron chi connectivity index (χ2n) is 8.16. The molecule has 2 fully saturated rings. The van der Waals surface area contributed by atoms with Crippen molar-refractivity contribution in [1.29, 1.82) is 0 Å². The van der Waals surface area contributed by atoms with Crippen LogP contribution < -0.4 is 0 Å². The Labute approximate surface area is 192 Å². The number of aromatic amines is 1. The molecule has 2 aliphatic rings. The number of carbonyl (C=O) groups is 2. The van der Waals surface area contributed by atoms with Crippen LogP contribution in [0, 0.1) is 0 Å². The van der Waals surface area contributed by atoms with Gasteiger partial charge in [0.05, 0.1) is 10.8 Å². The van der Waals surface area contributed by atoms with Gasteiger partial charge in [-0.3, -0.25) is 9.59 Å². The van der Waals surface area contributed by atoms with Gasteiger partial charge in [0.1, 0.15) is 10.6 Å². The fourth-order valence-corrected chi connectivity index (χ4v) is 6.23. The molecule has 0 spiro atoms. The Kier molecular flexibility index (Phi) is 7.32. The van der Waals surface area contributed by atoms with Crippen LogP contribution in [0.4, 0.5) is 0 Å². The smallest absolute Gasteiger partial charge is 0.270 e. The number of aromatic nitrogens is 2. The molecule has 2 aliphatic heterocycles. The van der Waals surface area contributed by atoms with Gasteiger partial charge in [-0.05, 0) is 43.9 Å². The fourth-order valence-electron chi connectivity index (χ4n) is 4.03. The van der Waals surface area contributed by atoms with Gasteiger partial charge in [-0.1, -0.05) is 24.6 Å². The minimum absolute atomic E-state index is 0.0722. The highest BCUT2D eigenvalue weighted by Gasteiger charge is 2.25. The predicted molar refractivity (Wildman–Crippen MR) is 122 cm³/mol. The van der Waals surface area contributed by atoms with Crippen molar-refractivity contribution in [3.63, 3.8) is 0 Å². The Hall–Kier alpha value is -2.17. The minimum atomic E-state index is -3.53. The van der Waals surface area contributed by atoms with Gasteiger partial charge in [-0.2, -0.15) is 4.31 Å². The Morgan fingerprint density at radius 3 is 2.34 bits per heavy atom. The monoisotopic (exact) mass is 476 g/mol. The van der Waals surface area contributed by atoms with Crippen molar-refractivity contribution in [2.45, 2.75) is 48.4 Å². The molecule has 4 heterocycles. The summed E-state index contributed by atoms with van der Waals surface area (Å²) in [6.07, 6.45) is 8.85. The number of carbonyl (C=O) groups excluding carboxylic acids is 2. The first-order chi connectivity index (χ1) is 15.4. The number of nitrogens with one attached hydrogen (secondary N) is 1. The van der Waals surface area contributed by atoms with E-state index in [-0.39, 0.29) is 22.3 Å². The van der Waals surface area contributed by atoms with Crippen molar-refractivity contribution in [2.75, 3.05) is 31.9 Å². The number of nitrogens with zero attached hydrogens (tertiary/aromatic N) is 3. The lowest BCUT2D eigenvalue weighted by Crippen LogP contribution is -2.32. The molecule has 4 rings (SSSR count). The van der Waals surface area contributed by atoms with E-state index in [1.165, 1.54) is 18.0 Å². The normalized spacial score (nSPS) is 17.9. The van der Waals surface area contributed by atoms with Crippen molar-refractivity contribution in [1.82, 2.24) is 19.2 Å². The second-order valence-corrected chi connectivity index (χ2v) is 11.1. The summed E-state index contributed by atoms with van der Waals surface area (Å²) < 4.78 is 27.2. The standard InChI is InChI=1S/C22H28N4O4S2/c27-20(17-13-19(23-14-17)22(28)25-9-5-6-10-25)16-31-21-8-7-18(15-24-21)32(29,30)26-11-3-1-2-4-12-26/h7-8,13-15,23H,1-6,9-12,16H2. The second kappa shape index (κ2) is 10.2. The molecule has 2 saturated heterocycles. The number of pyridine rings is 1. The molecule has 8 nitrogen and oxygen atoms in total. The van der Waals surface area contributed by atoms with Crippen LogP contribution in [-0.2, 0) is 10.0 Å². The molecular formula is C22H28N4O4S2. The third kappa shape index (κ3) is 5.24. The number of likely N-dealkylation sites (tertiary alicyclic amines) is 1. The van der Waals surface area contributed by atoms with Crippen molar-refractivity contribution in [2.24, 2.45) is 0 Å². The summed E-state index contributed by atoms with van der Waals surface area (Å²) in [7, 11) is -3.53. The number of rotatable bonds is 7. The molecule has 2 aromatic rings. The highest BCUT2D eigenvalue weighted by molar-refractivity contribution is 7.99. The van der Waals surface area contributed by atoms with Crippen LogP contribution in [0.25, 0.3) is 0 Å². The van der Waals surface area contributed by atoms with E-state index in [4.69, 9.17) is 0 Å². The van der Waals surface area contributed by atoms with Crippen LogP contribution in [0.2, 0.25) is 0 Å². The van der Waals surface area contributed by atoms with Crippen LogP contribution in [-0.4, -0.2) is 71.2 Å². The van der Waals surface area contributed by atoms with E-state index >= 15 is 0 Å². The van der Waals surface area contributed by atoms with E-state index < -0.39 is 10.0 Å². The van der Waals surface area contributed by atoms with Gasteiger partial charge in [-0.25, -0.2) is 13.4 Å². The molecule has 10 heteroatoms. The highest BCUT2D eigenvalue weighted by Crippen LogP contribution is 2.23. The Morgan fingerprint density at radius 1 is 1.00 bits per heavy atom. The molecule has 172 valence electrons. The van der Waals surface area contributed by atoms with Crippen LogP contribution in [0.15, 0.2) is 40.5 Å². The van der Waals surface area contributed by atoms with Crippen molar-refractivity contribution in [3.8, 4) is 0 Å². The Balaban J connectivity index is 1.34. The number of hydrogen-bond donors (Lipinski definition) is 1. The van der Waals surface area contributed by atoms with Crippen LogP contribution in [0.1, 0.15) is 59.4 Å². The third-order valence-corrected chi connectivity index (χ3v) is 8.72. The predicted octanol–water partition coefficient (Wildman–Crippen LogP) is 3.19. The molecular weight excluding hydrogens is 448 g/mol. The van der Waals surface area contributed by atoms with E-state index in [1.54, 1.807) is 33.6 Å². The zero-order valence-corrected chi connectivity index (χ0v) is 19.6. The first-order valence-corrected chi connectivity index (χ1v) is 13.5. The third-order valence-electron chi connectivity index (χ3n) is 5.89. The fraction of sp³-hybridized carbons (Fsp3) is 0.500. The topological polar surface area (TPSA) is 103 Å². The van der Waals surface area contributed by atoms with Crippen LogP contribution in [0.5, 0.6) is 0 Å². The number of Topliss-reactive ketones (excluding diaryl/α,β-unsaturated/α-hetero) is 1. The first kappa shape index (κ1) is 23.0. The van der Waals surface area contributed by atoms with Gasteiger partial charge in [0.25, 0.3) is 5.91 Å². The van der Waals surface area contributed by atoms with Crippen LogP contribution in [0.3, 0.4) is 0 Å². The lowest BCUT2D eigenvalue weighted by Gasteiger charge is -2.19. The highest BCUT2D eigenvalue weighted by atomic mass is 32.2. The van der Waals surface area contributed by atoms with E-state index in [0.29, 0.717) is 29.4 Å². The summed E-state index contributed by atoms with van der Waals surface area (Å²) in [6.45, 7) is 2.61. The lowest BCUT2D eigenvalue weighted by atomic mass is 10.2. The maximum atomic E-state index is 12.8. The zero-order chi connectivity index (χ0) is 22.6. The minimum Gasteiger partial charge on any atom is -0.356 e.